The molecule has 0 aromatic carbocycles. The smallest absolute Gasteiger partial charge is 0.137 e. The van der Waals surface area contributed by atoms with Crippen LogP contribution in [0, 0.1) is 5.92 Å². The van der Waals surface area contributed by atoms with E-state index in [1.54, 1.807) is 13.3 Å². The SMILES string of the molecule is COc1ccc(NCC2(O)CCCC(C)C2)nc1. The monoisotopic (exact) mass is 250 g/mol. The Morgan fingerprint density at radius 2 is 2.39 bits per heavy atom. The molecule has 1 saturated carbocycles. The van der Waals surface area contributed by atoms with Gasteiger partial charge in [0.2, 0.25) is 0 Å². The predicted molar refractivity (Wildman–Crippen MR) is 71.9 cm³/mol. The molecule has 0 amide bonds. The molecule has 0 bridgehead atoms. The number of nitrogens with zero attached hydrogens (tertiary/aromatic N) is 1. The summed E-state index contributed by atoms with van der Waals surface area (Å²) in [7, 11) is 1.62. The fourth-order valence-electron chi connectivity index (χ4n) is 2.65. The van der Waals surface area contributed by atoms with Gasteiger partial charge in [0, 0.05) is 6.54 Å². The number of hydrogen-bond donors (Lipinski definition) is 2. The molecular formula is C14H22N2O2. The zero-order valence-corrected chi connectivity index (χ0v) is 11.1. The average molecular weight is 250 g/mol. The maximum atomic E-state index is 10.5. The Labute approximate surface area is 108 Å². The number of aromatic nitrogens is 1. The molecule has 2 unspecified atom stereocenters. The highest BCUT2D eigenvalue weighted by Gasteiger charge is 2.32. The van der Waals surface area contributed by atoms with Gasteiger partial charge in [-0.25, -0.2) is 4.98 Å². The fourth-order valence-corrected chi connectivity index (χ4v) is 2.65. The molecule has 0 radical (unpaired) electrons. The molecule has 18 heavy (non-hydrogen) atoms. The van der Waals surface area contributed by atoms with Gasteiger partial charge >= 0.3 is 0 Å². The predicted octanol–water partition coefficient (Wildman–Crippen LogP) is 2.44. The van der Waals surface area contributed by atoms with Crippen LogP contribution in [-0.4, -0.2) is 29.3 Å². The van der Waals surface area contributed by atoms with Crippen LogP contribution in [0.5, 0.6) is 5.75 Å². The Bertz CT molecular complexity index is 380. The third kappa shape index (κ3) is 3.35. The Kier molecular flexibility index (Phi) is 4.07. The zero-order chi connectivity index (χ0) is 13.0. The number of pyridine rings is 1. The molecule has 2 rings (SSSR count). The highest BCUT2D eigenvalue weighted by atomic mass is 16.5. The summed E-state index contributed by atoms with van der Waals surface area (Å²) in [6, 6.07) is 3.73. The van der Waals surface area contributed by atoms with Gasteiger partial charge in [0.15, 0.2) is 0 Å². The van der Waals surface area contributed by atoms with Gasteiger partial charge in [-0.3, -0.25) is 0 Å². The Balaban J connectivity index is 1.89. The van der Waals surface area contributed by atoms with E-state index in [0.29, 0.717) is 12.5 Å². The summed E-state index contributed by atoms with van der Waals surface area (Å²) in [6.07, 6.45) is 5.75. The van der Waals surface area contributed by atoms with Crippen LogP contribution in [0.2, 0.25) is 0 Å². The highest BCUT2D eigenvalue weighted by molar-refractivity contribution is 5.37. The first-order valence-corrected chi connectivity index (χ1v) is 6.58. The van der Waals surface area contributed by atoms with Crippen molar-refractivity contribution in [2.75, 3.05) is 19.0 Å². The molecule has 1 aromatic heterocycles. The summed E-state index contributed by atoms with van der Waals surface area (Å²) in [6.45, 7) is 2.77. The molecule has 1 fully saturated rings. The first-order valence-electron chi connectivity index (χ1n) is 6.58. The highest BCUT2D eigenvalue weighted by Crippen LogP contribution is 2.32. The van der Waals surface area contributed by atoms with Gasteiger partial charge in [0.1, 0.15) is 11.6 Å². The summed E-state index contributed by atoms with van der Waals surface area (Å²) in [5, 5.41) is 13.7. The molecule has 1 aliphatic rings. The lowest BCUT2D eigenvalue weighted by molar-refractivity contribution is -0.000825. The van der Waals surface area contributed by atoms with Crippen LogP contribution < -0.4 is 10.1 Å². The second-order valence-electron chi connectivity index (χ2n) is 5.36. The number of anilines is 1. The van der Waals surface area contributed by atoms with Crippen LogP contribution in [0.15, 0.2) is 18.3 Å². The van der Waals surface area contributed by atoms with Gasteiger partial charge in [0.25, 0.3) is 0 Å². The van der Waals surface area contributed by atoms with Crippen molar-refractivity contribution in [3.05, 3.63) is 18.3 Å². The zero-order valence-electron chi connectivity index (χ0n) is 11.1. The number of hydrogen-bond acceptors (Lipinski definition) is 4. The molecule has 4 heteroatoms. The van der Waals surface area contributed by atoms with E-state index < -0.39 is 5.60 Å². The lowest BCUT2D eigenvalue weighted by Crippen LogP contribution is -2.41. The van der Waals surface area contributed by atoms with Gasteiger partial charge in [-0.15, -0.1) is 0 Å². The molecule has 0 aliphatic heterocycles. The third-order valence-electron chi connectivity index (χ3n) is 3.64. The number of rotatable bonds is 4. The maximum absolute atomic E-state index is 10.5. The van der Waals surface area contributed by atoms with E-state index in [4.69, 9.17) is 4.74 Å². The van der Waals surface area contributed by atoms with Crippen molar-refractivity contribution in [1.82, 2.24) is 4.98 Å². The van der Waals surface area contributed by atoms with Crippen molar-refractivity contribution < 1.29 is 9.84 Å². The van der Waals surface area contributed by atoms with Gasteiger partial charge in [-0.05, 0) is 30.9 Å². The first kappa shape index (κ1) is 13.1. The topological polar surface area (TPSA) is 54.4 Å². The average Bonchev–Trinajstić information content (AvgIpc) is 2.37. The Morgan fingerprint density at radius 3 is 3.00 bits per heavy atom. The second-order valence-corrected chi connectivity index (χ2v) is 5.36. The number of nitrogens with one attached hydrogen (secondary N) is 1. The summed E-state index contributed by atoms with van der Waals surface area (Å²) < 4.78 is 5.06. The number of methoxy groups -OCH3 is 1. The Hall–Kier alpha value is -1.29. The minimum absolute atomic E-state index is 0.566. The van der Waals surface area contributed by atoms with Crippen molar-refractivity contribution in [1.29, 1.82) is 0 Å². The van der Waals surface area contributed by atoms with E-state index in [0.717, 1.165) is 30.8 Å². The minimum atomic E-state index is -0.584. The van der Waals surface area contributed by atoms with Gasteiger partial charge in [-0.2, -0.15) is 0 Å². The largest absolute Gasteiger partial charge is 0.495 e. The van der Waals surface area contributed by atoms with Gasteiger partial charge < -0.3 is 15.2 Å². The molecule has 1 aliphatic carbocycles. The summed E-state index contributed by atoms with van der Waals surface area (Å²) in [4.78, 5) is 4.24. The molecule has 1 aromatic rings. The summed E-state index contributed by atoms with van der Waals surface area (Å²) in [5.74, 6) is 2.13. The van der Waals surface area contributed by atoms with Crippen LogP contribution in [0.4, 0.5) is 5.82 Å². The van der Waals surface area contributed by atoms with Crippen molar-refractivity contribution in [3.8, 4) is 5.75 Å². The lowest BCUT2D eigenvalue weighted by Gasteiger charge is -2.35. The molecular weight excluding hydrogens is 228 g/mol. The normalized spacial score (nSPS) is 27.8. The van der Waals surface area contributed by atoms with E-state index in [-0.39, 0.29) is 0 Å². The van der Waals surface area contributed by atoms with E-state index in [1.807, 2.05) is 12.1 Å². The van der Waals surface area contributed by atoms with Crippen LogP contribution in [-0.2, 0) is 0 Å². The van der Waals surface area contributed by atoms with Crippen LogP contribution >= 0.6 is 0 Å². The quantitative estimate of drug-likeness (QED) is 0.862. The minimum Gasteiger partial charge on any atom is -0.495 e. The van der Waals surface area contributed by atoms with Gasteiger partial charge in [0.05, 0.1) is 18.9 Å². The number of ether oxygens (including phenoxy) is 1. The number of aliphatic hydroxyl groups is 1. The fraction of sp³-hybridized carbons (Fsp3) is 0.643. The van der Waals surface area contributed by atoms with Crippen LogP contribution in [0.1, 0.15) is 32.6 Å². The first-order chi connectivity index (χ1) is 8.61. The molecule has 2 atom stereocenters. The van der Waals surface area contributed by atoms with Gasteiger partial charge in [-0.1, -0.05) is 19.8 Å². The molecule has 0 saturated heterocycles. The molecule has 100 valence electrons. The maximum Gasteiger partial charge on any atom is 0.137 e. The molecule has 0 spiro atoms. The van der Waals surface area contributed by atoms with Crippen molar-refractivity contribution in [3.63, 3.8) is 0 Å². The van der Waals surface area contributed by atoms with Crippen LogP contribution in [0.25, 0.3) is 0 Å². The summed E-state index contributed by atoms with van der Waals surface area (Å²) in [5.41, 5.74) is -0.584. The van der Waals surface area contributed by atoms with Crippen LogP contribution in [0.3, 0.4) is 0 Å². The third-order valence-corrected chi connectivity index (χ3v) is 3.64. The van der Waals surface area contributed by atoms with E-state index >= 15 is 0 Å². The second kappa shape index (κ2) is 5.57. The Morgan fingerprint density at radius 1 is 1.56 bits per heavy atom. The lowest BCUT2D eigenvalue weighted by atomic mass is 9.79. The van der Waals surface area contributed by atoms with Crippen molar-refractivity contribution in [2.24, 2.45) is 5.92 Å². The van der Waals surface area contributed by atoms with Crippen molar-refractivity contribution in [2.45, 2.75) is 38.2 Å². The van der Waals surface area contributed by atoms with E-state index in [9.17, 15) is 5.11 Å². The standard InChI is InChI=1S/C14H22N2O2/c1-11-4-3-7-14(17,8-11)10-16-13-6-5-12(18-2)9-15-13/h5-6,9,11,17H,3-4,7-8,10H2,1-2H3,(H,15,16). The summed E-state index contributed by atoms with van der Waals surface area (Å²) >= 11 is 0. The van der Waals surface area contributed by atoms with E-state index in [1.165, 1.54) is 6.42 Å². The van der Waals surface area contributed by atoms with E-state index in [2.05, 4.69) is 17.2 Å². The molecule has 1 heterocycles. The molecule has 4 nitrogen and oxygen atoms in total. The van der Waals surface area contributed by atoms with Crippen molar-refractivity contribution >= 4 is 5.82 Å². The molecule has 2 N–H and O–H groups in total.